The highest BCUT2D eigenvalue weighted by Gasteiger charge is 2.10. The van der Waals surface area contributed by atoms with Crippen molar-refractivity contribution in [3.8, 4) is 11.5 Å². The van der Waals surface area contributed by atoms with E-state index in [2.05, 4.69) is 17.5 Å². The maximum Gasteiger partial charge on any atom is 0.277 e. The molecule has 6 heteroatoms. The lowest BCUT2D eigenvalue weighted by Gasteiger charge is -2.08. The highest BCUT2D eigenvalue weighted by molar-refractivity contribution is 6.03. The molecular weight excluding hydrogens is 323 g/mol. The second-order valence-electron chi connectivity index (χ2n) is 5.39. The van der Waals surface area contributed by atoms with Crippen LogP contribution >= 0.6 is 0 Å². The summed E-state index contributed by atoms with van der Waals surface area (Å²) in [5.41, 5.74) is 4.17. The van der Waals surface area contributed by atoms with Crippen molar-refractivity contribution >= 4 is 11.6 Å². The zero-order valence-electron chi connectivity index (χ0n) is 14.3. The summed E-state index contributed by atoms with van der Waals surface area (Å²) in [4.78, 5) is 11.9. The number of aromatic hydroxyl groups is 1. The number of benzene rings is 2. The number of carbonyl (C=O) groups is 1. The smallest absolute Gasteiger partial charge is 0.277 e. The van der Waals surface area contributed by atoms with E-state index in [4.69, 9.17) is 4.74 Å². The Balaban J connectivity index is 1.96. The molecule has 2 rings (SSSR count). The number of nitrogens with zero attached hydrogens (tertiary/aromatic N) is 1. The van der Waals surface area contributed by atoms with Gasteiger partial charge in [0, 0.05) is 5.56 Å². The van der Waals surface area contributed by atoms with Crippen LogP contribution in [-0.2, 0) is 11.2 Å². The Labute approximate surface area is 146 Å². The first-order chi connectivity index (χ1) is 12.0. The number of hydrogen-bond donors (Lipinski definition) is 2. The Kier molecular flexibility index (Phi) is 6.51. The molecule has 0 aliphatic rings. The Morgan fingerprint density at radius 2 is 1.92 bits per heavy atom. The lowest BCUT2D eigenvalue weighted by molar-refractivity contribution is -0.123. The SMILES string of the molecule is CC/C(=N\NC(=O)COc1ccc(CC)cc1)c1cc(F)ccc1O. The number of hydrogen-bond acceptors (Lipinski definition) is 4. The van der Waals surface area contributed by atoms with E-state index in [0.29, 0.717) is 17.9 Å². The summed E-state index contributed by atoms with van der Waals surface area (Å²) in [5.74, 6) is -0.432. The van der Waals surface area contributed by atoms with Crippen LogP contribution in [0, 0.1) is 5.82 Å². The molecule has 0 radical (unpaired) electrons. The van der Waals surface area contributed by atoms with Gasteiger partial charge >= 0.3 is 0 Å². The summed E-state index contributed by atoms with van der Waals surface area (Å²) >= 11 is 0. The first kappa shape index (κ1) is 18.4. The molecule has 0 fully saturated rings. The van der Waals surface area contributed by atoms with Crippen molar-refractivity contribution in [3.05, 3.63) is 59.4 Å². The number of ether oxygens (including phenoxy) is 1. The molecule has 0 saturated carbocycles. The summed E-state index contributed by atoms with van der Waals surface area (Å²) in [6.07, 6.45) is 1.35. The molecule has 2 aromatic carbocycles. The number of rotatable bonds is 7. The summed E-state index contributed by atoms with van der Waals surface area (Å²) in [6, 6.07) is 11.1. The quantitative estimate of drug-likeness (QED) is 0.597. The number of nitrogens with one attached hydrogen (secondary N) is 1. The zero-order chi connectivity index (χ0) is 18.2. The third kappa shape index (κ3) is 5.31. The molecule has 0 saturated heterocycles. The molecule has 25 heavy (non-hydrogen) atoms. The molecule has 2 aromatic rings. The first-order valence-corrected chi connectivity index (χ1v) is 8.09. The average molecular weight is 344 g/mol. The Bertz CT molecular complexity index is 758. The van der Waals surface area contributed by atoms with Crippen LogP contribution in [0.5, 0.6) is 11.5 Å². The van der Waals surface area contributed by atoms with Crippen molar-refractivity contribution in [2.45, 2.75) is 26.7 Å². The van der Waals surface area contributed by atoms with Gasteiger partial charge in [-0.3, -0.25) is 4.79 Å². The number of phenolic OH excluding ortho intramolecular Hbond substituents is 1. The highest BCUT2D eigenvalue weighted by atomic mass is 19.1. The fourth-order valence-corrected chi connectivity index (χ4v) is 2.20. The number of aryl methyl sites for hydroxylation is 1. The van der Waals surface area contributed by atoms with E-state index < -0.39 is 11.7 Å². The molecule has 0 unspecified atom stereocenters. The van der Waals surface area contributed by atoms with Gasteiger partial charge < -0.3 is 9.84 Å². The monoisotopic (exact) mass is 344 g/mol. The van der Waals surface area contributed by atoms with Crippen LogP contribution in [0.1, 0.15) is 31.4 Å². The van der Waals surface area contributed by atoms with E-state index in [1.165, 1.54) is 17.7 Å². The fourth-order valence-electron chi connectivity index (χ4n) is 2.20. The van der Waals surface area contributed by atoms with Crippen molar-refractivity contribution in [2.75, 3.05) is 6.61 Å². The van der Waals surface area contributed by atoms with Crippen LogP contribution in [-0.4, -0.2) is 23.3 Å². The summed E-state index contributed by atoms with van der Waals surface area (Å²) in [5, 5.41) is 13.8. The van der Waals surface area contributed by atoms with Crippen molar-refractivity contribution in [3.63, 3.8) is 0 Å². The molecule has 132 valence electrons. The van der Waals surface area contributed by atoms with Gasteiger partial charge in [0.05, 0.1) is 5.71 Å². The van der Waals surface area contributed by atoms with Crippen molar-refractivity contribution in [1.82, 2.24) is 5.43 Å². The molecule has 0 aromatic heterocycles. The average Bonchev–Trinajstić information content (AvgIpc) is 2.63. The number of hydrazone groups is 1. The lowest BCUT2D eigenvalue weighted by Crippen LogP contribution is -2.26. The molecule has 0 atom stereocenters. The van der Waals surface area contributed by atoms with Gasteiger partial charge in [-0.1, -0.05) is 26.0 Å². The minimum absolute atomic E-state index is 0.0940. The first-order valence-electron chi connectivity index (χ1n) is 8.09. The van der Waals surface area contributed by atoms with Crippen molar-refractivity contribution in [1.29, 1.82) is 0 Å². The lowest BCUT2D eigenvalue weighted by atomic mass is 10.1. The van der Waals surface area contributed by atoms with Crippen LogP contribution < -0.4 is 10.2 Å². The minimum Gasteiger partial charge on any atom is -0.507 e. The van der Waals surface area contributed by atoms with E-state index in [-0.39, 0.29) is 17.9 Å². The Morgan fingerprint density at radius 1 is 1.20 bits per heavy atom. The second kappa shape index (κ2) is 8.82. The summed E-state index contributed by atoms with van der Waals surface area (Å²) in [6.45, 7) is 3.66. The van der Waals surface area contributed by atoms with Gasteiger partial charge in [-0.25, -0.2) is 9.82 Å². The normalized spacial score (nSPS) is 11.2. The Morgan fingerprint density at radius 3 is 2.56 bits per heavy atom. The van der Waals surface area contributed by atoms with Gasteiger partial charge in [-0.2, -0.15) is 5.10 Å². The van der Waals surface area contributed by atoms with Gasteiger partial charge in [0.1, 0.15) is 17.3 Å². The topological polar surface area (TPSA) is 70.9 Å². The predicted molar refractivity (Wildman–Crippen MR) is 94.4 cm³/mol. The molecule has 0 spiro atoms. The van der Waals surface area contributed by atoms with E-state index in [1.807, 2.05) is 12.1 Å². The zero-order valence-corrected chi connectivity index (χ0v) is 14.3. The number of halogens is 1. The molecular formula is C19H21FN2O3. The van der Waals surface area contributed by atoms with Crippen LogP contribution in [0.3, 0.4) is 0 Å². The summed E-state index contributed by atoms with van der Waals surface area (Å²) in [7, 11) is 0. The minimum atomic E-state index is -0.487. The Hall–Kier alpha value is -2.89. The molecule has 0 heterocycles. The molecule has 1 amide bonds. The second-order valence-corrected chi connectivity index (χ2v) is 5.39. The molecule has 0 aliphatic carbocycles. The van der Waals surface area contributed by atoms with Crippen LogP contribution in [0.15, 0.2) is 47.6 Å². The predicted octanol–water partition coefficient (Wildman–Crippen LogP) is 3.40. The van der Waals surface area contributed by atoms with Gasteiger partial charge in [0.2, 0.25) is 0 Å². The maximum atomic E-state index is 13.3. The maximum absolute atomic E-state index is 13.3. The van der Waals surface area contributed by atoms with Gasteiger partial charge in [-0.05, 0) is 48.7 Å². The van der Waals surface area contributed by atoms with Crippen LogP contribution in [0.2, 0.25) is 0 Å². The fraction of sp³-hybridized carbons (Fsp3) is 0.263. The third-order valence-electron chi connectivity index (χ3n) is 3.62. The largest absolute Gasteiger partial charge is 0.507 e. The molecule has 2 N–H and O–H groups in total. The van der Waals surface area contributed by atoms with Crippen LogP contribution in [0.4, 0.5) is 4.39 Å². The number of carbonyl (C=O) groups excluding carboxylic acids is 1. The van der Waals surface area contributed by atoms with Crippen molar-refractivity contribution < 1.29 is 19.0 Å². The highest BCUT2D eigenvalue weighted by Crippen LogP contribution is 2.20. The van der Waals surface area contributed by atoms with Gasteiger partial charge in [-0.15, -0.1) is 0 Å². The molecule has 0 aliphatic heterocycles. The van der Waals surface area contributed by atoms with E-state index >= 15 is 0 Å². The third-order valence-corrected chi connectivity index (χ3v) is 3.62. The molecule has 0 bridgehead atoms. The molecule has 5 nitrogen and oxygen atoms in total. The van der Waals surface area contributed by atoms with Gasteiger partial charge in [0.25, 0.3) is 5.91 Å². The number of amides is 1. The summed E-state index contributed by atoms with van der Waals surface area (Å²) < 4.78 is 18.7. The standard InChI is InChI=1S/C19H21FN2O3/c1-3-13-5-8-15(9-6-13)25-12-19(24)22-21-17(4-2)16-11-14(20)7-10-18(16)23/h5-11,23H,3-4,12H2,1-2H3,(H,22,24)/b21-17+. The van der Waals surface area contributed by atoms with Crippen LogP contribution in [0.25, 0.3) is 0 Å². The van der Waals surface area contributed by atoms with E-state index in [9.17, 15) is 14.3 Å². The van der Waals surface area contributed by atoms with Gasteiger partial charge in [0.15, 0.2) is 6.61 Å². The number of phenols is 1. The van der Waals surface area contributed by atoms with E-state index in [0.717, 1.165) is 12.5 Å². The van der Waals surface area contributed by atoms with Crippen molar-refractivity contribution in [2.24, 2.45) is 5.10 Å². The van der Waals surface area contributed by atoms with E-state index in [1.54, 1.807) is 19.1 Å².